The molecule has 3 N–H and O–H groups in total. The van der Waals surface area contributed by atoms with E-state index in [1.807, 2.05) is 25.1 Å². The lowest BCUT2D eigenvalue weighted by Crippen LogP contribution is -2.66. The van der Waals surface area contributed by atoms with Crippen LogP contribution in [0.1, 0.15) is 98.0 Å². The van der Waals surface area contributed by atoms with E-state index in [0.717, 1.165) is 28.7 Å². The lowest BCUT2D eigenvalue weighted by molar-refractivity contribution is -0.222. The van der Waals surface area contributed by atoms with Crippen LogP contribution in [-0.4, -0.2) is 105 Å². The molecule has 2 aromatic rings. The largest absolute Gasteiger partial charge is 0.493 e. The minimum absolute atomic E-state index is 0.0584. The molecule has 60 heavy (non-hydrogen) atoms. The Labute approximate surface area is 347 Å². The van der Waals surface area contributed by atoms with Crippen molar-refractivity contribution in [1.82, 2.24) is 24.8 Å². The summed E-state index contributed by atoms with van der Waals surface area (Å²) in [5.74, 6) is -3.63. The number of hydrogen-bond acceptors (Lipinski definition) is 9. The summed E-state index contributed by atoms with van der Waals surface area (Å²) in [5, 5.41) is 14.7. The Balaban J connectivity index is 1.30. The molecule has 0 unspecified atom stereocenters. The first-order valence-corrected chi connectivity index (χ1v) is 22.3. The van der Waals surface area contributed by atoms with Crippen LogP contribution in [0.15, 0.2) is 36.5 Å². The van der Waals surface area contributed by atoms with Crippen molar-refractivity contribution in [3.8, 4) is 11.6 Å². The summed E-state index contributed by atoms with van der Waals surface area (Å²) in [6, 6.07) is 2.19. The molecular formula is C42H54F3N5O9S. The lowest BCUT2D eigenvalue weighted by Gasteiger charge is -2.46. The van der Waals surface area contributed by atoms with Gasteiger partial charge in [0.2, 0.25) is 27.7 Å². The molecule has 7 atom stereocenters. The predicted molar refractivity (Wildman–Crippen MR) is 213 cm³/mol. The molecule has 18 heteroatoms. The van der Waals surface area contributed by atoms with E-state index in [-0.39, 0.29) is 48.9 Å². The van der Waals surface area contributed by atoms with Crippen molar-refractivity contribution in [1.29, 1.82) is 0 Å². The van der Waals surface area contributed by atoms with Gasteiger partial charge in [0.15, 0.2) is 0 Å². The molecule has 0 radical (unpaired) electrons. The number of ether oxygens (including phenoxy) is 2. The third-order valence-electron chi connectivity index (χ3n) is 13.4. The third-order valence-corrected chi connectivity index (χ3v) is 15.6. The number of rotatable bonds is 8. The van der Waals surface area contributed by atoms with Crippen LogP contribution in [0.25, 0.3) is 10.8 Å². The van der Waals surface area contributed by atoms with Crippen LogP contribution in [0.3, 0.4) is 0 Å². The SMILES string of the molecule is CC[C@@H]1C[C@H](C)CCC=C[C@@H]2C[C@@]2(C(=O)NS(=O)(=O)C2(C)CC2)NC(=O)[C@@H]2C[C@@H](Oc3nccc4c5c(ccc34)CCCO5)CN2C(=O)[C@H]1N(C(=O)O)C(C)(C)C(F)(F)F. The quantitative estimate of drug-likeness (QED) is 0.271. The highest BCUT2D eigenvalue weighted by atomic mass is 32.2. The van der Waals surface area contributed by atoms with E-state index >= 15 is 4.79 Å². The molecule has 4 heterocycles. The number of sulfonamides is 1. The molecule has 1 saturated heterocycles. The lowest BCUT2D eigenvalue weighted by atomic mass is 9.82. The second kappa shape index (κ2) is 15.7. The van der Waals surface area contributed by atoms with Gasteiger partial charge in [-0.05, 0) is 102 Å². The Morgan fingerprint density at radius 1 is 1.15 bits per heavy atom. The van der Waals surface area contributed by atoms with Gasteiger partial charge in [-0.2, -0.15) is 13.2 Å². The Hall–Kier alpha value is -4.61. The molecule has 3 aliphatic heterocycles. The summed E-state index contributed by atoms with van der Waals surface area (Å²) >= 11 is 0. The second-order valence-electron chi connectivity index (χ2n) is 18.0. The van der Waals surface area contributed by atoms with E-state index in [1.165, 1.54) is 13.1 Å². The molecule has 3 fully saturated rings. The zero-order chi connectivity index (χ0) is 43.6. The van der Waals surface area contributed by atoms with Crippen molar-refractivity contribution in [3.05, 3.63) is 42.1 Å². The Kier molecular flexibility index (Phi) is 11.4. The van der Waals surface area contributed by atoms with Gasteiger partial charge >= 0.3 is 12.3 Å². The maximum absolute atomic E-state index is 15.2. The number of aryl methyl sites for hydroxylation is 1. The Morgan fingerprint density at radius 3 is 2.55 bits per heavy atom. The molecule has 2 aliphatic carbocycles. The number of carboxylic acid groups (broad SMARTS) is 1. The van der Waals surface area contributed by atoms with E-state index in [0.29, 0.717) is 57.3 Å². The number of nitrogens with one attached hydrogen (secondary N) is 2. The molecule has 1 aromatic carbocycles. The van der Waals surface area contributed by atoms with E-state index < -0.39 is 85.9 Å². The van der Waals surface area contributed by atoms with Gasteiger partial charge in [0.1, 0.15) is 35.0 Å². The predicted octanol–water partition coefficient (Wildman–Crippen LogP) is 5.87. The number of carbonyl (C=O) groups excluding carboxylic acids is 3. The molecule has 2 saturated carbocycles. The van der Waals surface area contributed by atoms with Crippen LogP contribution in [0, 0.1) is 17.8 Å². The van der Waals surface area contributed by atoms with E-state index in [9.17, 15) is 41.1 Å². The van der Waals surface area contributed by atoms with E-state index in [4.69, 9.17) is 9.47 Å². The first kappa shape index (κ1) is 43.5. The standard InChI is InChI=1S/C42H54F3N5O9S/c1-6-25-20-24(2)10-7-8-12-27-22-41(27,37(53)48-60(56,57)40(5)16-17-40)47-34(51)31-21-28(23-49(31)36(52)32(25)50(38(54)55)39(3,4)42(43,44)45)59-35-30-14-13-26-11-9-19-58-33(26)29(30)15-18-46-35/h8,12-15,18,24-25,27-28,31-32H,6-7,9-11,16-17,19-23H2,1-5H3,(H,47,51)(H,48,53)(H,54,55)/t24-,25-,27-,28-,31+,32+,41-/m1/s1. The van der Waals surface area contributed by atoms with Gasteiger partial charge in [-0.3, -0.25) is 24.0 Å². The van der Waals surface area contributed by atoms with Crippen LogP contribution in [0.4, 0.5) is 18.0 Å². The van der Waals surface area contributed by atoms with Gasteiger partial charge in [-0.15, -0.1) is 0 Å². The van der Waals surface area contributed by atoms with Crippen molar-refractivity contribution in [3.63, 3.8) is 0 Å². The third kappa shape index (κ3) is 7.88. The second-order valence-corrected chi connectivity index (χ2v) is 20.2. The van der Waals surface area contributed by atoms with E-state index in [2.05, 4.69) is 15.0 Å². The van der Waals surface area contributed by atoms with Gasteiger partial charge < -0.3 is 24.8 Å². The van der Waals surface area contributed by atoms with Crippen molar-refractivity contribution in [2.45, 2.75) is 139 Å². The van der Waals surface area contributed by atoms with Crippen molar-refractivity contribution in [2.75, 3.05) is 13.2 Å². The molecule has 0 spiro atoms. The summed E-state index contributed by atoms with van der Waals surface area (Å²) in [7, 11) is -4.12. The highest BCUT2D eigenvalue weighted by molar-refractivity contribution is 7.91. The minimum atomic E-state index is -5.09. The fourth-order valence-electron chi connectivity index (χ4n) is 9.07. The maximum atomic E-state index is 15.2. The number of benzene rings is 1. The highest BCUT2D eigenvalue weighted by Gasteiger charge is 2.64. The summed E-state index contributed by atoms with van der Waals surface area (Å²) in [5.41, 5.74) is -3.73. The average molecular weight is 862 g/mol. The van der Waals surface area contributed by atoms with Crippen LogP contribution < -0.4 is 19.5 Å². The summed E-state index contributed by atoms with van der Waals surface area (Å²) in [6.45, 7) is 6.70. The number of nitrogens with zero attached hydrogens (tertiary/aromatic N) is 3. The number of alkyl halides is 3. The van der Waals surface area contributed by atoms with Gasteiger partial charge in [0, 0.05) is 29.3 Å². The topological polar surface area (TPSA) is 185 Å². The zero-order valence-corrected chi connectivity index (χ0v) is 35.3. The molecule has 5 aliphatic rings. The van der Waals surface area contributed by atoms with Crippen LogP contribution >= 0.6 is 0 Å². The van der Waals surface area contributed by atoms with Crippen molar-refractivity contribution < 1.29 is 55.3 Å². The van der Waals surface area contributed by atoms with Gasteiger partial charge in [-0.1, -0.05) is 38.5 Å². The first-order chi connectivity index (χ1) is 28.1. The summed E-state index contributed by atoms with van der Waals surface area (Å²) in [4.78, 5) is 62.7. The number of pyridine rings is 1. The number of amides is 4. The fraction of sp³-hybridized carbons (Fsp3) is 0.643. The maximum Gasteiger partial charge on any atom is 0.411 e. The smallest absolute Gasteiger partial charge is 0.411 e. The number of aromatic nitrogens is 1. The van der Waals surface area contributed by atoms with Crippen LogP contribution in [0.2, 0.25) is 0 Å². The summed E-state index contributed by atoms with van der Waals surface area (Å²) in [6.07, 6.45) is 0.667. The monoisotopic (exact) mass is 861 g/mol. The number of hydrogen-bond donors (Lipinski definition) is 3. The van der Waals surface area contributed by atoms with Gasteiger partial charge in [-0.25, -0.2) is 18.2 Å². The number of fused-ring (bicyclic) bond motifs is 5. The Morgan fingerprint density at radius 2 is 1.88 bits per heavy atom. The van der Waals surface area contributed by atoms with Crippen molar-refractivity contribution >= 4 is 44.6 Å². The molecule has 328 valence electrons. The van der Waals surface area contributed by atoms with Crippen LogP contribution in [-0.2, 0) is 30.8 Å². The van der Waals surface area contributed by atoms with E-state index in [1.54, 1.807) is 19.1 Å². The first-order valence-electron chi connectivity index (χ1n) is 20.8. The molecule has 4 amide bonds. The highest BCUT2D eigenvalue weighted by Crippen LogP contribution is 2.48. The van der Waals surface area contributed by atoms with Gasteiger partial charge in [0.05, 0.1) is 17.9 Å². The number of allylic oxidation sites excluding steroid dienone is 1. The zero-order valence-electron chi connectivity index (χ0n) is 34.5. The average Bonchev–Trinajstić information content (AvgIpc) is 4.06. The van der Waals surface area contributed by atoms with Gasteiger partial charge in [0.25, 0.3) is 5.91 Å². The molecule has 7 rings (SSSR count). The molecular weight excluding hydrogens is 808 g/mol. The normalized spacial score (nSPS) is 29.4. The molecule has 14 nitrogen and oxygen atoms in total. The Bertz CT molecular complexity index is 2200. The molecule has 1 aromatic heterocycles. The van der Waals surface area contributed by atoms with Crippen LogP contribution in [0.5, 0.6) is 11.6 Å². The minimum Gasteiger partial charge on any atom is -0.493 e. The molecule has 0 bridgehead atoms. The van der Waals surface area contributed by atoms with Crippen molar-refractivity contribution in [2.24, 2.45) is 17.8 Å². The number of carbonyl (C=O) groups is 4. The summed E-state index contributed by atoms with van der Waals surface area (Å²) < 4.78 is 84.5. The number of halogens is 3. The fourth-order valence-corrected chi connectivity index (χ4v) is 10.4.